The first-order valence-corrected chi connectivity index (χ1v) is 10.3. The minimum absolute atomic E-state index is 0.117. The molecule has 0 aliphatic rings. The van der Waals surface area contributed by atoms with Gasteiger partial charge in [0.25, 0.3) is 11.5 Å². The lowest BCUT2D eigenvalue weighted by Gasteiger charge is -2.07. The Kier molecular flexibility index (Phi) is 5.78. The van der Waals surface area contributed by atoms with Gasteiger partial charge < -0.3 is 10.1 Å². The van der Waals surface area contributed by atoms with Crippen molar-refractivity contribution in [2.45, 2.75) is 13.5 Å². The minimum atomic E-state index is -0.315. The Hall–Kier alpha value is -3.23. The van der Waals surface area contributed by atoms with Crippen LogP contribution in [0.25, 0.3) is 15.5 Å². The Labute approximate surface area is 180 Å². The first kappa shape index (κ1) is 20.1. The number of carbonyl (C=O) groups is 1. The number of nitrogens with zero attached hydrogens (tertiary/aromatic N) is 3. The van der Waals surface area contributed by atoms with E-state index in [1.807, 2.05) is 37.3 Å². The van der Waals surface area contributed by atoms with Crippen molar-refractivity contribution in [3.8, 4) is 16.3 Å². The van der Waals surface area contributed by atoms with Gasteiger partial charge in [-0.1, -0.05) is 47.2 Å². The van der Waals surface area contributed by atoms with E-state index in [1.54, 1.807) is 18.2 Å². The second kappa shape index (κ2) is 8.64. The van der Waals surface area contributed by atoms with E-state index in [9.17, 15) is 9.59 Å². The predicted octanol–water partition coefficient (Wildman–Crippen LogP) is 3.48. The minimum Gasteiger partial charge on any atom is -0.484 e. The van der Waals surface area contributed by atoms with Crippen molar-refractivity contribution in [1.29, 1.82) is 0 Å². The molecule has 0 saturated carbocycles. The van der Waals surface area contributed by atoms with Crippen molar-refractivity contribution < 1.29 is 9.53 Å². The van der Waals surface area contributed by atoms with Crippen LogP contribution in [-0.2, 0) is 11.3 Å². The maximum atomic E-state index is 12.4. The molecular weight excluding hydrogens is 424 g/mol. The predicted molar refractivity (Wildman–Crippen MR) is 116 cm³/mol. The molecular formula is C21H17ClN4O3S. The number of benzene rings is 2. The van der Waals surface area contributed by atoms with Crippen LogP contribution in [0.4, 0.5) is 0 Å². The number of aryl methyl sites for hydroxylation is 1. The van der Waals surface area contributed by atoms with E-state index >= 15 is 0 Å². The summed E-state index contributed by atoms with van der Waals surface area (Å²) in [5.74, 6) is 0.323. The van der Waals surface area contributed by atoms with E-state index in [2.05, 4.69) is 15.4 Å². The molecule has 4 aromatic rings. The van der Waals surface area contributed by atoms with Crippen LogP contribution in [0, 0.1) is 6.92 Å². The average Bonchev–Trinajstić information content (AvgIpc) is 3.16. The molecule has 2 heterocycles. The summed E-state index contributed by atoms with van der Waals surface area (Å²) in [7, 11) is 0. The van der Waals surface area contributed by atoms with Crippen molar-refractivity contribution >= 4 is 33.8 Å². The number of aromatic nitrogens is 3. The Bertz CT molecular complexity index is 1280. The van der Waals surface area contributed by atoms with E-state index in [0.29, 0.717) is 26.4 Å². The highest BCUT2D eigenvalue weighted by Gasteiger charge is 2.12. The molecule has 1 amide bonds. The Balaban J connectivity index is 1.44. The van der Waals surface area contributed by atoms with Gasteiger partial charge >= 0.3 is 0 Å². The number of ether oxygens (including phenoxy) is 1. The van der Waals surface area contributed by atoms with Crippen molar-refractivity contribution in [3.63, 3.8) is 0 Å². The van der Waals surface area contributed by atoms with Crippen LogP contribution >= 0.6 is 22.9 Å². The number of hydrogen-bond donors (Lipinski definition) is 1. The van der Waals surface area contributed by atoms with Gasteiger partial charge in [-0.2, -0.15) is 9.61 Å². The maximum Gasteiger partial charge on any atom is 0.275 e. The van der Waals surface area contributed by atoms with E-state index in [1.165, 1.54) is 21.9 Å². The molecule has 2 aromatic heterocycles. The standard InChI is InChI=1S/C21H17ClN4O3S/c1-13-4-2-7-17(8-13)29-12-18(27)23-11-16-10-19(28)26-21(24-16)30-20(25-26)14-5-3-6-15(22)9-14/h2-10H,11-12H2,1H3,(H,23,27). The summed E-state index contributed by atoms with van der Waals surface area (Å²) in [4.78, 5) is 29.4. The zero-order valence-corrected chi connectivity index (χ0v) is 17.5. The summed E-state index contributed by atoms with van der Waals surface area (Å²) < 4.78 is 6.72. The lowest BCUT2D eigenvalue weighted by atomic mass is 10.2. The third kappa shape index (κ3) is 4.67. The number of fused-ring (bicyclic) bond motifs is 1. The van der Waals surface area contributed by atoms with Gasteiger partial charge in [-0.15, -0.1) is 0 Å². The molecule has 2 aromatic carbocycles. The van der Waals surface area contributed by atoms with Gasteiger partial charge in [0.1, 0.15) is 10.8 Å². The third-order valence-electron chi connectivity index (χ3n) is 4.20. The van der Waals surface area contributed by atoms with Crippen LogP contribution in [0.5, 0.6) is 5.75 Å². The van der Waals surface area contributed by atoms with E-state index < -0.39 is 0 Å². The molecule has 0 unspecified atom stereocenters. The fourth-order valence-electron chi connectivity index (χ4n) is 2.78. The fraction of sp³-hybridized carbons (Fsp3) is 0.143. The van der Waals surface area contributed by atoms with Crippen LogP contribution in [0.2, 0.25) is 5.02 Å². The van der Waals surface area contributed by atoms with Crippen molar-refractivity contribution in [2.75, 3.05) is 6.61 Å². The number of carbonyl (C=O) groups excluding carboxylic acids is 1. The second-order valence-electron chi connectivity index (χ2n) is 6.58. The highest BCUT2D eigenvalue weighted by Crippen LogP contribution is 2.26. The highest BCUT2D eigenvalue weighted by atomic mass is 35.5. The third-order valence-corrected chi connectivity index (χ3v) is 5.39. The van der Waals surface area contributed by atoms with Gasteiger partial charge in [-0.05, 0) is 36.8 Å². The van der Waals surface area contributed by atoms with Gasteiger partial charge in [-0.25, -0.2) is 4.98 Å². The van der Waals surface area contributed by atoms with Crippen LogP contribution < -0.4 is 15.6 Å². The van der Waals surface area contributed by atoms with Gasteiger partial charge in [-0.3, -0.25) is 9.59 Å². The highest BCUT2D eigenvalue weighted by molar-refractivity contribution is 7.19. The van der Waals surface area contributed by atoms with Gasteiger partial charge in [0.15, 0.2) is 6.61 Å². The van der Waals surface area contributed by atoms with E-state index in [0.717, 1.165) is 11.1 Å². The van der Waals surface area contributed by atoms with Crippen LogP contribution in [0.3, 0.4) is 0 Å². The number of nitrogens with one attached hydrogen (secondary N) is 1. The molecule has 30 heavy (non-hydrogen) atoms. The zero-order valence-electron chi connectivity index (χ0n) is 16.0. The Morgan fingerprint density at radius 3 is 2.83 bits per heavy atom. The number of rotatable bonds is 6. The largest absolute Gasteiger partial charge is 0.484 e. The topological polar surface area (TPSA) is 85.6 Å². The molecule has 0 atom stereocenters. The Morgan fingerprint density at radius 1 is 1.20 bits per heavy atom. The fourth-order valence-corrected chi connectivity index (χ4v) is 3.89. The molecule has 0 bridgehead atoms. The van der Waals surface area contributed by atoms with Crippen molar-refractivity contribution in [3.05, 3.63) is 81.2 Å². The molecule has 9 heteroatoms. The summed E-state index contributed by atoms with van der Waals surface area (Å²) >= 11 is 7.31. The number of amides is 1. The maximum absolute atomic E-state index is 12.4. The smallest absolute Gasteiger partial charge is 0.275 e. The molecule has 0 aliphatic carbocycles. The molecule has 7 nitrogen and oxygen atoms in total. The summed E-state index contributed by atoms with van der Waals surface area (Å²) in [6, 6.07) is 16.0. The van der Waals surface area contributed by atoms with Crippen LogP contribution in [-0.4, -0.2) is 27.1 Å². The van der Waals surface area contributed by atoms with Crippen LogP contribution in [0.1, 0.15) is 11.3 Å². The van der Waals surface area contributed by atoms with Crippen molar-refractivity contribution in [1.82, 2.24) is 19.9 Å². The molecule has 4 rings (SSSR count). The summed E-state index contributed by atoms with van der Waals surface area (Å²) in [6.45, 7) is 1.95. The second-order valence-corrected chi connectivity index (χ2v) is 7.97. The monoisotopic (exact) mass is 440 g/mol. The summed E-state index contributed by atoms with van der Waals surface area (Å²) in [6.07, 6.45) is 0. The lowest BCUT2D eigenvalue weighted by Crippen LogP contribution is -2.29. The zero-order chi connectivity index (χ0) is 21.1. The van der Waals surface area contributed by atoms with E-state index in [-0.39, 0.29) is 24.6 Å². The summed E-state index contributed by atoms with van der Waals surface area (Å²) in [5.41, 5.74) is 1.99. The first-order valence-electron chi connectivity index (χ1n) is 9.10. The summed E-state index contributed by atoms with van der Waals surface area (Å²) in [5, 5.41) is 8.26. The molecule has 0 fully saturated rings. The SMILES string of the molecule is Cc1cccc(OCC(=O)NCc2cc(=O)n3nc(-c4cccc(Cl)c4)sc3n2)c1. The number of halogens is 1. The van der Waals surface area contributed by atoms with Gasteiger partial charge in [0.2, 0.25) is 4.96 Å². The molecule has 0 saturated heterocycles. The molecule has 152 valence electrons. The average molecular weight is 441 g/mol. The van der Waals surface area contributed by atoms with E-state index in [4.69, 9.17) is 16.3 Å². The van der Waals surface area contributed by atoms with Crippen molar-refractivity contribution in [2.24, 2.45) is 0 Å². The molecule has 0 spiro atoms. The van der Waals surface area contributed by atoms with Gasteiger partial charge in [0, 0.05) is 16.7 Å². The quantitative estimate of drug-likeness (QED) is 0.496. The first-order chi connectivity index (χ1) is 14.5. The van der Waals surface area contributed by atoms with Gasteiger partial charge in [0.05, 0.1) is 12.2 Å². The van der Waals surface area contributed by atoms with Crippen LogP contribution in [0.15, 0.2) is 59.4 Å². The lowest BCUT2D eigenvalue weighted by molar-refractivity contribution is -0.123. The number of hydrogen-bond acceptors (Lipinski definition) is 6. The molecule has 0 aliphatic heterocycles. The molecule has 0 radical (unpaired) electrons. The molecule has 1 N–H and O–H groups in total. The normalized spacial score (nSPS) is 10.9. The Morgan fingerprint density at radius 2 is 2.03 bits per heavy atom.